The average molecular weight is 241 g/mol. The number of carbonyl (C=O) groups is 1. The van der Waals surface area contributed by atoms with E-state index in [1.807, 2.05) is 6.92 Å². The van der Waals surface area contributed by atoms with Crippen molar-refractivity contribution < 1.29 is 9.90 Å². The van der Waals surface area contributed by atoms with Gasteiger partial charge in [-0.3, -0.25) is 4.79 Å². The van der Waals surface area contributed by atoms with E-state index in [4.69, 9.17) is 10.8 Å². The molecule has 0 aliphatic rings. The number of amides is 1. The zero-order chi connectivity index (χ0) is 12.7. The third-order valence-electron chi connectivity index (χ3n) is 2.44. The summed E-state index contributed by atoms with van der Waals surface area (Å²) >= 11 is 0. The van der Waals surface area contributed by atoms with Gasteiger partial charge >= 0.3 is 0 Å². The maximum Gasteiger partial charge on any atom is 0.242 e. The van der Waals surface area contributed by atoms with Gasteiger partial charge in [0, 0.05) is 19.2 Å². The summed E-state index contributed by atoms with van der Waals surface area (Å²) < 4.78 is 1.45. The first-order chi connectivity index (χ1) is 8.19. The van der Waals surface area contributed by atoms with Crippen molar-refractivity contribution in [3.05, 3.63) is 11.9 Å². The molecular weight excluding hydrogens is 222 g/mol. The van der Waals surface area contributed by atoms with E-state index in [0.717, 1.165) is 6.42 Å². The molecule has 1 heterocycles. The molecule has 0 fully saturated rings. The molecule has 96 valence electrons. The standard InChI is InChI=1S/C10H19N5O2/c1-2-8(3-4-16)12-10(17)7-15-6-9(5-11)13-14-15/h6,8,16H,2-5,7,11H2,1H3,(H,12,17). The Morgan fingerprint density at radius 3 is 3.00 bits per heavy atom. The van der Waals surface area contributed by atoms with Crippen LogP contribution in [0.3, 0.4) is 0 Å². The number of hydrogen-bond donors (Lipinski definition) is 3. The largest absolute Gasteiger partial charge is 0.396 e. The predicted molar refractivity (Wildman–Crippen MR) is 61.8 cm³/mol. The Kier molecular flexibility index (Phi) is 5.58. The summed E-state index contributed by atoms with van der Waals surface area (Å²) in [4.78, 5) is 11.6. The molecule has 0 radical (unpaired) electrons. The first-order valence-electron chi connectivity index (χ1n) is 5.68. The fourth-order valence-electron chi connectivity index (χ4n) is 1.46. The average Bonchev–Trinajstić information content (AvgIpc) is 2.76. The van der Waals surface area contributed by atoms with Gasteiger partial charge in [0.2, 0.25) is 5.91 Å². The van der Waals surface area contributed by atoms with Crippen LogP contribution in [0.5, 0.6) is 0 Å². The summed E-state index contributed by atoms with van der Waals surface area (Å²) in [6.07, 6.45) is 3.00. The number of nitrogens with zero attached hydrogens (tertiary/aromatic N) is 3. The molecule has 7 heteroatoms. The summed E-state index contributed by atoms with van der Waals surface area (Å²) in [7, 11) is 0. The van der Waals surface area contributed by atoms with Crippen molar-refractivity contribution in [1.29, 1.82) is 0 Å². The van der Waals surface area contributed by atoms with Crippen molar-refractivity contribution >= 4 is 5.91 Å². The molecule has 1 aromatic rings. The molecule has 1 amide bonds. The summed E-state index contributed by atoms with van der Waals surface area (Å²) in [5, 5.41) is 19.2. The van der Waals surface area contributed by atoms with Crippen molar-refractivity contribution in [3.63, 3.8) is 0 Å². The van der Waals surface area contributed by atoms with Crippen LogP contribution in [0.1, 0.15) is 25.5 Å². The van der Waals surface area contributed by atoms with Crippen molar-refractivity contribution in [2.24, 2.45) is 5.73 Å². The molecule has 0 aliphatic carbocycles. The van der Waals surface area contributed by atoms with Crippen LogP contribution in [-0.2, 0) is 17.9 Å². The van der Waals surface area contributed by atoms with E-state index in [0.29, 0.717) is 18.7 Å². The summed E-state index contributed by atoms with van der Waals surface area (Å²) in [6, 6.07) is 0.00463. The van der Waals surface area contributed by atoms with E-state index in [2.05, 4.69) is 15.6 Å². The number of carbonyl (C=O) groups excluding carboxylic acids is 1. The van der Waals surface area contributed by atoms with Gasteiger partial charge in [-0.15, -0.1) is 5.10 Å². The zero-order valence-corrected chi connectivity index (χ0v) is 9.96. The number of rotatable bonds is 7. The van der Waals surface area contributed by atoms with Gasteiger partial charge in [-0.05, 0) is 12.8 Å². The highest BCUT2D eigenvalue weighted by molar-refractivity contribution is 5.75. The van der Waals surface area contributed by atoms with Gasteiger partial charge in [-0.25, -0.2) is 4.68 Å². The number of aromatic nitrogens is 3. The van der Waals surface area contributed by atoms with Crippen molar-refractivity contribution in [1.82, 2.24) is 20.3 Å². The third kappa shape index (κ3) is 4.49. The molecule has 17 heavy (non-hydrogen) atoms. The fourth-order valence-corrected chi connectivity index (χ4v) is 1.46. The minimum atomic E-state index is -0.140. The Hall–Kier alpha value is -1.47. The van der Waals surface area contributed by atoms with E-state index in [9.17, 15) is 4.79 Å². The molecule has 7 nitrogen and oxygen atoms in total. The molecule has 4 N–H and O–H groups in total. The van der Waals surface area contributed by atoms with Crippen molar-refractivity contribution in [2.45, 2.75) is 38.9 Å². The quantitative estimate of drug-likeness (QED) is 0.568. The molecule has 1 rings (SSSR count). The predicted octanol–water partition coefficient (Wildman–Crippen LogP) is -0.986. The lowest BCUT2D eigenvalue weighted by Crippen LogP contribution is -2.37. The van der Waals surface area contributed by atoms with Crippen LogP contribution in [-0.4, -0.2) is 38.7 Å². The highest BCUT2D eigenvalue weighted by Gasteiger charge is 2.11. The van der Waals surface area contributed by atoms with E-state index >= 15 is 0 Å². The smallest absolute Gasteiger partial charge is 0.242 e. The lowest BCUT2D eigenvalue weighted by atomic mass is 10.1. The van der Waals surface area contributed by atoms with Gasteiger partial charge in [0.05, 0.1) is 11.9 Å². The van der Waals surface area contributed by atoms with Crippen LogP contribution in [0.2, 0.25) is 0 Å². The molecule has 1 unspecified atom stereocenters. The number of aliphatic hydroxyl groups is 1. The normalized spacial score (nSPS) is 12.4. The van der Waals surface area contributed by atoms with Gasteiger partial charge in [0.1, 0.15) is 6.54 Å². The molecule has 0 saturated carbocycles. The van der Waals surface area contributed by atoms with Gasteiger partial charge in [-0.2, -0.15) is 0 Å². The SMILES string of the molecule is CCC(CCO)NC(=O)Cn1cc(CN)nn1. The molecule has 1 atom stereocenters. The molecule has 0 aromatic carbocycles. The van der Waals surface area contributed by atoms with Crippen LogP contribution in [0.15, 0.2) is 6.20 Å². The maximum absolute atomic E-state index is 11.6. The van der Waals surface area contributed by atoms with Crippen LogP contribution in [0, 0.1) is 0 Å². The summed E-state index contributed by atoms with van der Waals surface area (Å²) in [5.74, 6) is -0.140. The second-order valence-electron chi connectivity index (χ2n) is 3.80. The maximum atomic E-state index is 11.6. The van der Waals surface area contributed by atoms with Crippen LogP contribution < -0.4 is 11.1 Å². The molecule has 1 aromatic heterocycles. The van der Waals surface area contributed by atoms with E-state index in [1.165, 1.54) is 4.68 Å². The number of nitrogens with one attached hydrogen (secondary N) is 1. The monoisotopic (exact) mass is 241 g/mol. The van der Waals surface area contributed by atoms with Gasteiger partial charge in [-0.1, -0.05) is 12.1 Å². The third-order valence-corrected chi connectivity index (χ3v) is 2.44. The van der Waals surface area contributed by atoms with Crippen LogP contribution >= 0.6 is 0 Å². The highest BCUT2D eigenvalue weighted by Crippen LogP contribution is 1.97. The van der Waals surface area contributed by atoms with Crippen LogP contribution in [0.4, 0.5) is 0 Å². The second kappa shape index (κ2) is 6.97. The molecule has 0 aliphatic heterocycles. The number of nitrogens with two attached hydrogens (primary N) is 1. The number of aliphatic hydroxyl groups excluding tert-OH is 1. The molecule has 0 bridgehead atoms. The van der Waals surface area contributed by atoms with E-state index in [1.54, 1.807) is 6.20 Å². The molecular formula is C10H19N5O2. The molecule has 0 saturated heterocycles. The van der Waals surface area contributed by atoms with Crippen molar-refractivity contribution in [3.8, 4) is 0 Å². The van der Waals surface area contributed by atoms with Gasteiger partial charge in [0.25, 0.3) is 0 Å². The van der Waals surface area contributed by atoms with Gasteiger partial charge in [0.15, 0.2) is 0 Å². The zero-order valence-electron chi connectivity index (χ0n) is 9.96. The fraction of sp³-hybridized carbons (Fsp3) is 0.700. The minimum Gasteiger partial charge on any atom is -0.396 e. The lowest BCUT2D eigenvalue weighted by molar-refractivity contribution is -0.122. The minimum absolute atomic E-state index is 0.00463. The van der Waals surface area contributed by atoms with E-state index < -0.39 is 0 Å². The van der Waals surface area contributed by atoms with Gasteiger partial charge < -0.3 is 16.2 Å². The topological polar surface area (TPSA) is 106 Å². The lowest BCUT2D eigenvalue weighted by Gasteiger charge is -2.15. The second-order valence-corrected chi connectivity index (χ2v) is 3.80. The van der Waals surface area contributed by atoms with E-state index in [-0.39, 0.29) is 25.1 Å². The Labute approximate surface area is 100.0 Å². The summed E-state index contributed by atoms with van der Waals surface area (Å²) in [5.41, 5.74) is 6.04. The highest BCUT2D eigenvalue weighted by atomic mass is 16.3. The summed E-state index contributed by atoms with van der Waals surface area (Å²) in [6.45, 7) is 2.46. The number of hydrogen-bond acceptors (Lipinski definition) is 5. The first-order valence-corrected chi connectivity index (χ1v) is 5.68. The van der Waals surface area contributed by atoms with Crippen molar-refractivity contribution in [2.75, 3.05) is 6.61 Å². The van der Waals surface area contributed by atoms with Crippen LogP contribution in [0.25, 0.3) is 0 Å². The molecule has 0 spiro atoms. The Morgan fingerprint density at radius 1 is 1.71 bits per heavy atom. The Balaban J connectivity index is 2.42. The Morgan fingerprint density at radius 2 is 2.47 bits per heavy atom. The first kappa shape index (κ1) is 13.6. The Bertz CT molecular complexity index is 352.